The maximum Gasteiger partial charge on any atom is 0.0667 e. The molecular formula is C9H21NO. The molecule has 2 nitrogen and oxygen atoms in total. The highest BCUT2D eigenvalue weighted by molar-refractivity contribution is 4.60. The van der Waals surface area contributed by atoms with Crippen LogP contribution in [0, 0.1) is 5.92 Å². The minimum atomic E-state index is -0.165. The zero-order chi connectivity index (χ0) is 8.69. The predicted molar refractivity (Wildman–Crippen MR) is 48.6 cm³/mol. The Morgan fingerprint density at radius 1 is 1.36 bits per heavy atom. The molecule has 0 amide bonds. The molecule has 1 unspecified atom stereocenters. The Morgan fingerprint density at radius 3 is 2.45 bits per heavy atom. The molecule has 68 valence electrons. The Morgan fingerprint density at radius 2 is 2.00 bits per heavy atom. The average molecular weight is 159 g/mol. The third-order valence-corrected chi connectivity index (χ3v) is 1.55. The smallest absolute Gasteiger partial charge is 0.0667 e. The molecule has 0 aliphatic heterocycles. The first kappa shape index (κ1) is 10.9. The average Bonchev–Trinajstić information content (AvgIpc) is 1.86. The van der Waals surface area contributed by atoms with Crippen molar-refractivity contribution in [3.63, 3.8) is 0 Å². The lowest BCUT2D eigenvalue weighted by Gasteiger charge is -2.13. The number of aliphatic hydroxyl groups is 1. The first-order valence-corrected chi connectivity index (χ1v) is 4.55. The summed E-state index contributed by atoms with van der Waals surface area (Å²) < 4.78 is 0. The van der Waals surface area contributed by atoms with Crippen LogP contribution in [0.5, 0.6) is 0 Å². The van der Waals surface area contributed by atoms with Crippen LogP contribution in [-0.2, 0) is 0 Å². The summed E-state index contributed by atoms with van der Waals surface area (Å²) in [5.74, 6) is 0.591. The van der Waals surface area contributed by atoms with Crippen LogP contribution in [0.15, 0.2) is 0 Å². The van der Waals surface area contributed by atoms with Crippen LogP contribution in [-0.4, -0.2) is 24.3 Å². The fraction of sp³-hybridized carbons (Fsp3) is 1.00. The van der Waals surface area contributed by atoms with Gasteiger partial charge in [-0.1, -0.05) is 20.8 Å². The van der Waals surface area contributed by atoms with Crippen molar-refractivity contribution in [3.8, 4) is 0 Å². The van der Waals surface area contributed by atoms with Crippen molar-refractivity contribution in [2.45, 2.75) is 39.7 Å². The molecule has 0 aliphatic rings. The van der Waals surface area contributed by atoms with E-state index in [2.05, 4.69) is 26.1 Å². The highest BCUT2D eigenvalue weighted by Crippen LogP contribution is 2.02. The molecular weight excluding hydrogens is 138 g/mol. The lowest BCUT2D eigenvalue weighted by molar-refractivity contribution is 0.146. The van der Waals surface area contributed by atoms with Gasteiger partial charge in [0.1, 0.15) is 0 Å². The van der Waals surface area contributed by atoms with Gasteiger partial charge in [0.05, 0.1) is 6.10 Å². The molecule has 0 spiro atoms. The molecule has 2 N–H and O–H groups in total. The summed E-state index contributed by atoms with van der Waals surface area (Å²) in [6.07, 6.45) is 1.87. The third kappa shape index (κ3) is 7.82. The third-order valence-electron chi connectivity index (χ3n) is 1.55. The standard InChI is InChI=1S/C9H21NO/c1-4-5-10-7-9(11)6-8(2)3/h8-11H,4-7H2,1-3H3. The van der Waals surface area contributed by atoms with E-state index in [9.17, 15) is 5.11 Å². The lowest BCUT2D eigenvalue weighted by Crippen LogP contribution is -2.28. The second kappa shape index (κ2) is 6.62. The highest BCUT2D eigenvalue weighted by Gasteiger charge is 2.04. The van der Waals surface area contributed by atoms with E-state index in [0.29, 0.717) is 5.92 Å². The van der Waals surface area contributed by atoms with E-state index in [4.69, 9.17) is 0 Å². The number of rotatable bonds is 6. The van der Waals surface area contributed by atoms with Crippen molar-refractivity contribution in [2.24, 2.45) is 5.92 Å². The topological polar surface area (TPSA) is 32.3 Å². The molecule has 0 fully saturated rings. The zero-order valence-electron chi connectivity index (χ0n) is 7.93. The van der Waals surface area contributed by atoms with Crippen LogP contribution in [0.2, 0.25) is 0 Å². The van der Waals surface area contributed by atoms with Crippen LogP contribution in [0.4, 0.5) is 0 Å². The Labute approximate surface area is 70.0 Å². The Bertz CT molecular complexity index is 83.6. The fourth-order valence-corrected chi connectivity index (χ4v) is 1.07. The van der Waals surface area contributed by atoms with Crippen LogP contribution in [0.25, 0.3) is 0 Å². The van der Waals surface area contributed by atoms with Gasteiger partial charge in [-0.3, -0.25) is 0 Å². The lowest BCUT2D eigenvalue weighted by atomic mass is 10.1. The molecule has 1 atom stereocenters. The van der Waals surface area contributed by atoms with Gasteiger partial charge in [0.25, 0.3) is 0 Å². The minimum absolute atomic E-state index is 0.165. The monoisotopic (exact) mass is 159 g/mol. The molecule has 0 aromatic heterocycles. The van der Waals surface area contributed by atoms with Gasteiger partial charge in [-0.15, -0.1) is 0 Å². The second-order valence-corrected chi connectivity index (χ2v) is 3.49. The Balaban J connectivity index is 3.15. The maximum atomic E-state index is 9.38. The van der Waals surface area contributed by atoms with Crippen molar-refractivity contribution in [1.29, 1.82) is 0 Å². The van der Waals surface area contributed by atoms with Gasteiger partial charge >= 0.3 is 0 Å². The summed E-state index contributed by atoms with van der Waals surface area (Å²) in [6, 6.07) is 0. The summed E-state index contributed by atoms with van der Waals surface area (Å²) in [6.45, 7) is 8.13. The normalized spacial score (nSPS) is 13.9. The van der Waals surface area contributed by atoms with Crippen LogP contribution in [0.1, 0.15) is 33.6 Å². The van der Waals surface area contributed by atoms with E-state index in [1.165, 1.54) is 0 Å². The van der Waals surface area contributed by atoms with Gasteiger partial charge in [-0.05, 0) is 25.3 Å². The summed E-state index contributed by atoms with van der Waals surface area (Å²) in [5, 5.41) is 12.6. The molecule has 2 heteroatoms. The van der Waals surface area contributed by atoms with Gasteiger partial charge in [0.2, 0.25) is 0 Å². The summed E-state index contributed by atoms with van der Waals surface area (Å²) in [7, 11) is 0. The fourth-order valence-electron chi connectivity index (χ4n) is 1.07. The van der Waals surface area contributed by atoms with Crippen molar-refractivity contribution in [1.82, 2.24) is 5.32 Å². The SMILES string of the molecule is CCCNCC(O)CC(C)C. The van der Waals surface area contributed by atoms with E-state index in [-0.39, 0.29) is 6.10 Å². The van der Waals surface area contributed by atoms with E-state index >= 15 is 0 Å². The predicted octanol–water partition coefficient (Wildman–Crippen LogP) is 1.39. The van der Waals surface area contributed by atoms with Crippen molar-refractivity contribution >= 4 is 0 Å². The molecule has 0 aromatic carbocycles. The molecule has 0 aliphatic carbocycles. The number of nitrogens with one attached hydrogen (secondary N) is 1. The molecule has 0 bridgehead atoms. The molecule has 0 saturated heterocycles. The van der Waals surface area contributed by atoms with E-state index < -0.39 is 0 Å². The molecule has 0 rings (SSSR count). The van der Waals surface area contributed by atoms with Crippen LogP contribution < -0.4 is 5.32 Å². The molecule has 0 saturated carbocycles. The maximum absolute atomic E-state index is 9.38. The Hall–Kier alpha value is -0.0800. The molecule has 0 aromatic rings. The van der Waals surface area contributed by atoms with Crippen LogP contribution >= 0.6 is 0 Å². The minimum Gasteiger partial charge on any atom is -0.392 e. The van der Waals surface area contributed by atoms with E-state index in [1.807, 2.05) is 0 Å². The van der Waals surface area contributed by atoms with E-state index in [0.717, 1.165) is 25.9 Å². The van der Waals surface area contributed by atoms with Crippen molar-refractivity contribution in [2.75, 3.05) is 13.1 Å². The molecule has 0 heterocycles. The Kier molecular flexibility index (Phi) is 6.57. The van der Waals surface area contributed by atoms with Gasteiger partial charge < -0.3 is 10.4 Å². The summed E-state index contributed by atoms with van der Waals surface area (Å²) in [5.41, 5.74) is 0. The first-order valence-electron chi connectivity index (χ1n) is 4.55. The zero-order valence-corrected chi connectivity index (χ0v) is 7.93. The van der Waals surface area contributed by atoms with Gasteiger partial charge in [0, 0.05) is 6.54 Å². The largest absolute Gasteiger partial charge is 0.392 e. The summed E-state index contributed by atoms with van der Waals surface area (Å²) >= 11 is 0. The van der Waals surface area contributed by atoms with Crippen molar-refractivity contribution in [3.05, 3.63) is 0 Å². The van der Waals surface area contributed by atoms with Gasteiger partial charge in [0.15, 0.2) is 0 Å². The first-order chi connectivity index (χ1) is 5.16. The number of hydrogen-bond donors (Lipinski definition) is 2. The van der Waals surface area contributed by atoms with Gasteiger partial charge in [-0.2, -0.15) is 0 Å². The highest BCUT2D eigenvalue weighted by atomic mass is 16.3. The van der Waals surface area contributed by atoms with E-state index in [1.54, 1.807) is 0 Å². The second-order valence-electron chi connectivity index (χ2n) is 3.49. The number of hydrogen-bond acceptors (Lipinski definition) is 2. The van der Waals surface area contributed by atoms with Gasteiger partial charge in [-0.25, -0.2) is 0 Å². The quantitative estimate of drug-likeness (QED) is 0.574. The number of aliphatic hydroxyl groups excluding tert-OH is 1. The van der Waals surface area contributed by atoms with Crippen LogP contribution in [0.3, 0.4) is 0 Å². The van der Waals surface area contributed by atoms with Crippen molar-refractivity contribution < 1.29 is 5.11 Å². The summed E-state index contributed by atoms with van der Waals surface area (Å²) in [4.78, 5) is 0. The molecule has 0 radical (unpaired) electrons. The molecule has 11 heavy (non-hydrogen) atoms.